The minimum Gasteiger partial charge on any atom is -0.380 e. The first-order chi connectivity index (χ1) is 8.58. The maximum atomic E-state index is 11.2. The molecule has 0 fully saturated rings. The van der Waals surface area contributed by atoms with Crippen LogP contribution in [0.25, 0.3) is 0 Å². The minimum atomic E-state index is -0.394. The van der Waals surface area contributed by atoms with Gasteiger partial charge in [0.2, 0.25) is 5.91 Å². The second-order valence-electron chi connectivity index (χ2n) is 3.90. The molecule has 1 heterocycles. The third-order valence-corrected chi connectivity index (χ3v) is 4.30. The zero-order valence-corrected chi connectivity index (χ0v) is 12.3. The summed E-state index contributed by atoms with van der Waals surface area (Å²) in [6.07, 6.45) is 0. The Balaban J connectivity index is 2.14. The summed E-state index contributed by atoms with van der Waals surface area (Å²) in [7, 11) is 0. The third-order valence-electron chi connectivity index (χ3n) is 2.68. The van der Waals surface area contributed by atoms with Crippen LogP contribution in [0.4, 0.5) is 5.69 Å². The molecule has 5 heteroatoms. The summed E-state index contributed by atoms with van der Waals surface area (Å²) in [4.78, 5) is 12.5. The smallest absolute Gasteiger partial charge is 0.249 e. The molecule has 3 nitrogen and oxygen atoms in total. The van der Waals surface area contributed by atoms with Crippen molar-refractivity contribution in [2.45, 2.75) is 13.5 Å². The van der Waals surface area contributed by atoms with E-state index >= 15 is 0 Å². The molecule has 18 heavy (non-hydrogen) atoms. The van der Waals surface area contributed by atoms with Crippen molar-refractivity contribution in [2.24, 2.45) is 5.73 Å². The number of nitrogens with one attached hydrogen (secondary N) is 1. The van der Waals surface area contributed by atoms with Crippen molar-refractivity contribution in [1.29, 1.82) is 0 Å². The van der Waals surface area contributed by atoms with Crippen molar-refractivity contribution in [3.05, 3.63) is 50.1 Å². The SMILES string of the molecule is Cc1c(NCc2ccc(Br)s2)cccc1C(N)=O. The van der Waals surface area contributed by atoms with Gasteiger partial charge in [-0.3, -0.25) is 4.79 Å². The number of benzene rings is 1. The summed E-state index contributed by atoms with van der Waals surface area (Å²) < 4.78 is 1.11. The standard InChI is InChI=1S/C13H13BrN2OS/c1-8-10(13(15)17)3-2-4-11(8)16-7-9-5-6-12(14)18-9/h2-6,16H,7H2,1H3,(H2,15,17). The number of primary amides is 1. The molecule has 0 saturated heterocycles. The summed E-state index contributed by atoms with van der Waals surface area (Å²) in [5.41, 5.74) is 7.72. The van der Waals surface area contributed by atoms with Gasteiger partial charge in [0.25, 0.3) is 0 Å². The normalized spacial score (nSPS) is 10.3. The lowest BCUT2D eigenvalue weighted by Crippen LogP contribution is -2.13. The second-order valence-corrected chi connectivity index (χ2v) is 6.45. The number of nitrogens with two attached hydrogens (primary N) is 1. The van der Waals surface area contributed by atoms with Gasteiger partial charge in [-0.2, -0.15) is 0 Å². The average Bonchev–Trinajstić information content (AvgIpc) is 2.73. The lowest BCUT2D eigenvalue weighted by Gasteiger charge is -2.10. The van der Waals surface area contributed by atoms with Crippen molar-refractivity contribution in [1.82, 2.24) is 0 Å². The van der Waals surface area contributed by atoms with Crippen LogP contribution in [0.15, 0.2) is 34.1 Å². The number of anilines is 1. The van der Waals surface area contributed by atoms with Gasteiger partial charge in [0, 0.05) is 22.7 Å². The summed E-state index contributed by atoms with van der Waals surface area (Å²) in [6.45, 7) is 2.63. The van der Waals surface area contributed by atoms with E-state index in [9.17, 15) is 4.79 Å². The van der Waals surface area contributed by atoms with E-state index in [0.717, 1.165) is 21.6 Å². The van der Waals surface area contributed by atoms with Gasteiger partial charge >= 0.3 is 0 Å². The number of rotatable bonds is 4. The van der Waals surface area contributed by atoms with Gasteiger partial charge in [-0.05, 0) is 52.7 Å². The highest BCUT2D eigenvalue weighted by molar-refractivity contribution is 9.11. The molecule has 0 aliphatic heterocycles. The highest BCUT2D eigenvalue weighted by Gasteiger charge is 2.08. The van der Waals surface area contributed by atoms with Crippen LogP contribution in [0, 0.1) is 6.92 Å². The van der Waals surface area contributed by atoms with Crippen LogP contribution < -0.4 is 11.1 Å². The molecule has 0 spiro atoms. The Bertz CT molecular complexity index is 580. The fourth-order valence-corrected chi connectivity index (χ4v) is 3.15. The fraction of sp³-hybridized carbons (Fsp3) is 0.154. The summed E-state index contributed by atoms with van der Waals surface area (Å²) in [5.74, 6) is -0.394. The average molecular weight is 325 g/mol. The van der Waals surface area contributed by atoms with E-state index in [1.807, 2.05) is 25.1 Å². The van der Waals surface area contributed by atoms with E-state index in [0.29, 0.717) is 5.56 Å². The van der Waals surface area contributed by atoms with Crippen molar-refractivity contribution in [3.8, 4) is 0 Å². The first kappa shape index (κ1) is 13.1. The molecule has 0 atom stereocenters. The van der Waals surface area contributed by atoms with E-state index in [1.165, 1.54) is 4.88 Å². The van der Waals surface area contributed by atoms with Gasteiger partial charge in [0.1, 0.15) is 0 Å². The van der Waals surface area contributed by atoms with Gasteiger partial charge in [0.05, 0.1) is 3.79 Å². The maximum absolute atomic E-state index is 11.2. The molecular formula is C13H13BrN2OS. The topological polar surface area (TPSA) is 55.1 Å². The molecule has 0 aliphatic carbocycles. The molecule has 0 unspecified atom stereocenters. The first-order valence-electron chi connectivity index (χ1n) is 5.45. The predicted octanol–water partition coefficient (Wildman–Crippen LogP) is 3.53. The third kappa shape index (κ3) is 2.91. The molecule has 2 aromatic rings. The number of amides is 1. The quantitative estimate of drug-likeness (QED) is 0.903. The van der Waals surface area contributed by atoms with Crippen LogP contribution in [-0.4, -0.2) is 5.91 Å². The molecule has 0 aliphatic rings. The zero-order valence-electron chi connectivity index (χ0n) is 9.87. The predicted molar refractivity (Wildman–Crippen MR) is 79.0 cm³/mol. The molecule has 1 aromatic carbocycles. The van der Waals surface area contributed by atoms with E-state index in [1.54, 1.807) is 17.4 Å². The van der Waals surface area contributed by atoms with Crippen LogP contribution in [0.3, 0.4) is 0 Å². The Hall–Kier alpha value is -1.33. The van der Waals surface area contributed by atoms with Crippen LogP contribution in [0.1, 0.15) is 20.8 Å². The fourth-order valence-electron chi connectivity index (χ4n) is 1.72. The number of hydrogen-bond acceptors (Lipinski definition) is 3. The second kappa shape index (κ2) is 5.54. The molecule has 0 bridgehead atoms. The Morgan fingerprint density at radius 1 is 1.39 bits per heavy atom. The Morgan fingerprint density at radius 3 is 2.78 bits per heavy atom. The summed E-state index contributed by atoms with van der Waals surface area (Å²) >= 11 is 5.12. The highest BCUT2D eigenvalue weighted by Crippen LogP contribution is 2.24. The van der Waals surface area contributed by atoms with Crippen molar-refractivity contribution in [2.75, 3.05) is 5.32 Å². The van der Waals surface area contributed by atoms with Crippen LogP contribution >= 0.6 is 27.3 Å². The number of thiophene rings is 1. The molecule has 3 N–H and O–H groups in total. The van der Waals surface area contributed by atoms with Gasteiger partial charge in [0.15, 0.2) is 0 Å². The molecule has 0 saturated carbocycles. The van der Waals surface area contributed by atoms with E-state index in [-0.39, 0.29) is 0 Å². The van der Waals surface area contributed by atoms with E-state index < -0.39 is 5.91 Å². The van der Waals surface area contributed by atoms with Crippen molar-refractivity contribution >= 4 is 38.9 Å². The Morgan fingerprint density at radius 2 is 2.17 bits per heavy atom. The molecule has 0 radical (unpaired) electrons. The zero-order chi connectivity index (χ0) is 13.1. The monoisotopic (exact) mass is 324 g/mol. The minimum absolute atomic E-state index is 0.394. The number of carbonyl (C=O) groups excluding carboxylic acids is 1. The number of carbonyl (C=O) groups is 1. The van der Waals surface area contributed by atoms with Crippen molar-refractivity contribution < 1.29 is 4.79 Å². The van der Waals surface area contributed by atoms with Gasteiger partial charge in [-0.15, -0.1) is 11.3 Å². The Labute approximate surface area is 118 Å². The molecule has 1 amide bonds. The number of halogens is 1. The van der Waals surface area contributed by atoms with Gasteiger partial charge in [-0.1, -0.05) is 6.07 Å². The summed E-state index contributed by atoms with van der Waals surface area (Å²) in [6, 6.07) is 9.61. The number of hydrogen-bond donors (Lipinski definition) is 2. The molecule has 94 valence electrons. The largest absolute Gasteiger partial charge is 0.380 e. The van der Waals surface area contributed by atoms with E-state index in [4.69, 9.17) is 5.73 Å². The van der Waals surface area contributed by atoms with Gasteiger partial charge < -0.3 is 11.1 Å². The highest BCUT2D eigenvalue weighted by atomic mass is 79.9. The molecule has 1 aromatic heterocycles. The molecule has 2 rings (SSSR count). The maximum Gasteiger partial charge on any atom is 0.249 e. The first-order valence-corrected chi connectivity index (χ1v) is 7.06. The van der Waals surface area contributed by atoms with Crippen LogP contribution in [-0.2, 0) is 6.54 Å². The summed E-state index contributed by atoms with van der Waals surface area (Å²) in [5, 5.41) is 3.32. The lowest BCUT2D eigenvalue weighted by molar-refractivity contribution is 0.1000. The van der Waals surface area contributed by atoms with Crippen molar-refractivity contribution in [3.63, 3.8) is 0 Å². The van der Waals surface area contributed by atoms with Crippen LogP contribution in [0.5, 0.6) is 0 Å². The molecular weight excluding hydrogens is 312 g/mol. The van der Waals surface area contributed by atoms with E-state index in [2.05, 4.69) is 27.3 Å². The van der Waals surface area contributed by atoms with Gasteiger partial charge in [-0.25, -0.2) is 0 Å². The Kier molecular flexibility index (Phi) is 4.04. The lowest BCUT2D eigenvalue weighted by atomic mass is 10.1. The van der Waals surface area contributed by atoms with Crippen LogP contribution in [0.2, 0.25) is 0 Å².